The number of anilines is 4. The smallest absolute Gasteiger partial charge is 0.369 e. The lowest BCUT2D eigenvalue weighted by atomic mass is 10.0. The van der Waals surface area contributed by atoms with Crippen molar-refractivity contribution in [2.45, 2.75) is 38.8 Å². The quantitative estimate of drug-likeness (QED) is 0.138. The van der Waals surface area contributed by atoms with Crippen molar-refractivity contribution in [2.75, 3.05) is 56.9 Å². The highest BCUT2D eigenvalue weighted by Crippen LogP contribution is 2.54. The third-order valence-electron chi connectivity index (χ3n) is 7.87. The fourth-order valence-electron chi connectivity index (χ4n) is 5.58. The monoisotopic (exact) mass is 661 g/mol. The molecule has 2 aliphatic rings. The lowest BCUT2D eigenvalue weighted by molar-refractivity contribution is -0.415. The molecule has 14 heteroatoms. The van der Waals surface area contributed by atoms with Crippen LogP contribution in [0.3, 0.4) is 0 Å². The number of carbonyl (C=O) groups excluding carboxylic acids is 2. The van der Waals surface area contributed by atoms with Crippen LogP contribution in [0.15, 0.2) is 65.9 Å². The number of likely N-dealkylation sites (N-methyl/N-ethyl adjacent to an activating group) is 2. The highest BCUT2D eigenvalue weighted by atomic mass is 19.3. The molecule has 1 aliphatic carbocycles. The van der Waals surface area contributed by atoms with Crippen molar-refractivity contribution in [1.82, 2.24) is 14.9 Å². The van der Waals surface area contributed by atoms with Gasteiger partial charge in [-0.1, -0.05) is 35.5 Å². The molecule has 0 saturated carbocycles. The fourth-order valence-corrected chi connectivity index (χ4v) is 5.58. The molecule has 0 spiro atoms. The van der Waals surface area contributed by atoms with E-state index in [1.165, 1.54) is 30.1 Å². The molecule has 1 unspecified atom stereocenters. The topological polar surface area (TPSA) is 124 Å². The molecule has 0 fully saturated rings. The van der Waals surface area contributed by atoms with E-state index in [0.717, 1.165) is 6.54 Å². The number of hydrogen-bond acceptors (Lipinski definition) is 10. The van der Waals surface area contributed by atoms with E-state index >= 15 is 8.78 Å². The molecule has 1 atom stereocenters. The zero-order valence-corrected chi connectivity index (χ0v) is 28.0. The second-order valence-electron chi connectivity index (χ2n) is 12.0. The Kier molecular flexibility index (Phi) is 9.57. The van der Waals surface area contributed by atoms with Crippen LogP contribution in [0.5, 0.6) is 5.75 Å². The summed E-state index contributed by atoms with van der Waals surface area (Å²) in [4.78, 5) is 38.7. The summed E-state index contributed by atoms with van der Waals surface area (Å²) in [5, 5.41) is 10.5. The normalized spacial score (nSPS) is 16.0. The van der Waals surface area contributed by atoms with Crippen molar-refractivity contribution in [3.63, 3.8) is 0 Å². The number of nitrogens with one attached hydrogen (secondary N) is 2. The molecular weight excluding hydrogens is 622 g/mol. The van der Waals surface area contributed by atoms with Crippen molar-refractivity contribution in [2.24, 2.45) is 5.11 Å². The second-order valence-corrected chi connectivity index (χ2v) is 12.0. The van der Waals surface area contributed by atoms with E-state index in [1.807, 2.05) is 30.9 Å². The zero-order valence-electron chi connectivity index (χ0n) is 28.0. The summed E-state index contributed by atoms with van der Waals surface area (Å²) < 4.78 is 43.9. The van der Waals surface area contributed by atoms with Crippen LogP contribution in [-0.2, 0) is 15.5 Å². The maximum absolute atomic E-state index is 15.7. The Labute approximate surface area is 277 Å². The van der Waals surface area contributed by atoms with Gasteiger partial charge in [0.15, 0.2) is 11.3 Å². The molecule has 1 amide bonds. The standard InChI is InChI=1S/C34H38F2N8O4/c1-9-28(45)38-24-16-25(27(47-8)17-26(24)43(7)15-14-42(5)6)39-33-37-18-22(32(46)48-19(2)3)31(40-33)44-30-21-12-10-11-13-23(21)34(35,36)29(30)20(4)41-44/h9-13,16-20H,1,14-15H2,2-8H3,(H-,37,38,39,40,45,46)/p+1. The zero-order chi connectivity index (χ0) is 34.9. The average Bonchev–Trinajstić information content (AvgIpc) is 3.52. The van der Waals surface area contributed by atoms with E-state index in [1.54, 1.807) is 51.1 Å². The molecule has 252 valence electrons. The minimum absolute atomic E-state index is 0.00838. The van der Waals surface area contributed by atoms with Gasteiger partial charge < -0.3 is 24.6 Å². The van der Waals surface area contributed by atoms with Crippen LogP contribution < -0.4 is 20.3 Å². The Morgan fingerprint density at radius 3 is 2.54 bits per heavy atom. The molecule has 3 aromatic rings. The highest BCUT2D eigenvalue weighted by molar-refractivity contribution is 6.02. The number of nitrogens with zero attached hydrogens (tertiary/aromatic N) is 6. The number of halogens is 2. The number of methoxy groups -OCH3 is 1. The molecule has 2 heterocycles. The van der Waals surface area contributed by atoms with Crippen molar-refractivity contribution < 1.29 is 32.5 Å². The summed E-state index contributed by atoms with van der Waals surface area (Å²) in [6, 6.07) is 8.74. The molecule has 0 bridgehead atoms. The van der Waals surface area contributed by atoms with E-state index in [9.17, 15) is 9.59 Å². The van der Waals surface area contributed by atoms with Crippen LogP contribution in [0, 0.1) is 0 Å². The van der Waals surface area contributed by atoms with Gasteiger partial charge in [-0.05, 0) is 47.0 Å². The Hall–Kier alpha value is -5.24. The minimum atomic E-state index is -3.27. The van der Waals surface area contributed by atoms with Crippen LogP contribution in [0.1, 0.15) is 42.3 Å². The van der Waals surface area contributed by atoms with Gasteiger partial charge in [0.25, 0.3) is 0 Å². The average molecular weight is 662 g/mol. The van der Waals surface area contributed by atoms with Crippen molar-refractivity contribution in [1.29, 1.82) is 0 Å². The fraction of sp³-hybridized carbons (Fsp3) is 0.353. The first-order chi connectivity index (χ1) is 22.8. The van der Waals surface area contributed by atoms with Gasteiger partial charge in [-0.2, -0.15) is 13.8 Å². The predicted octanol–water partition coefficient (Wildman–Crippen LogP) is 5.93. The van der Waals surface area contributed by atoms with E-state index in [-0.39, 0.29) is 34.2 Å². The number of azo groups is 2. The van der Waals surface area contributed by atoms with Crippen LogP contribution in [-0.4, -0.2) is 84.9 Å². The number of benzene rings is 2. The van der Waals surface area contributed by atoms with Gasteiger partial charge in [-0.3, -0.25) is 10.1 Å². The van der Waals surface area contributed by atoms with Crippen molar-refractivity contribution >= 4 is 46.4 Å². The maximum Gasteiger partial charge on any atom is 0.369 e. The number of aromatic nitrogens is 2. The molecule has 2 aromatic carbocycles. The molecule has 1 aromatic heterocycles. The third kappa shape index (κ3) is 6.47. The Balaban J connectivity index is 1.62. The Morgan fingerprint density at radius 2 is 1.88 bits per heavy atom. The van der Waals surface area contributed by atoms with Gasteiger partial charge in [0.05, 0.1) is 42.0 Å². The number of carbonyl (C=O) groups is 2. The molecule has 12 nitrogen and oxygen atoms in total. The number of hydrogen-bond donors (Lipinski definition) is 2. The summed E-state index contributed by atoms with van der Waals surface area (Å²) in [5.74, 6) is -4.05. The number of rotatable bonds is 12. The van der Waals surface area contributed by atoms with E-state index < -0.39 is 29.9 Å². The van der Waals surface area contributed by atoms with Crippen LogP contribution in [0.2, 0.25) is 0 Å². The van der Waals surface area contributed by atoms with Gasteiger partial charge in [0.2, 0.25) is 5.91 Å². The van der Waals surface area contributed by atoms with Crippen molar-refractivity contribution in [3.05, 3.63) is 77.5 Å². The SMILES string of the molecule is C=CC(=O)Nc1cc(Nc2ncc(C(=O)OC(C)C)c([N+]3=NC(C)C4=C3c3ccccc3C4(F)F)n2)c(OC)cc1N(C)CCN(C)C. The van der Waals surface area contributed by atoms with Crippen LogP contribution in [0.4, 0.5) is 37.6 Å². The summed E-state index contributed by atoms with van der Waals surface area (Å²) in [6.07, 6.45) is 1.97. The Bertz CT molecular complexity index is 1840. The molecule has 48 heavy (non-hydrogen) atoms. The number of amides is 1. The number of esters is 1. The minimum Gasteiger partial charge on any atom is -0.494 e. The summed E-state index contributed by atoms with van der Waals surface area (Å²) in [5.41, 5.74) is 1.60. The molecule has 1 aliphatic heterocycles. The lowest BCUT2D eigenvalue weighted by Crippen LogP contribution is -2.29. The number of ether oxygens (including phenoxy) is 2. The number of alkyl halides is 2. The third-order valence-corrected chi connectivity index (χ3v) is 7.87. The van der Waals surface area contributed by atoms with Gasteiger partial charge >= 0.3 is 23.7 Å². The Morgan fingerprint density at radius 1 is 1.15 bits per heavy atom. The number of fused-ring (bicyclic) bond motifs is 2. The maximum atomic E-state index is 15.7. The molecule has 2 N–H and O–H groups in total. The first-order valence-corrected chi connectivity index (χ1v) is 15.4. The van der Waals surface area contributed by atoms with Gasteiger partial charge in [-0.25, -0.2) is 4.79 Å². The second kappa shape index (κ2) is 13.5. The van der Waals surface area contributed by atoms with Gasteiger partial charge in [-0.15, -0.1) is 5.11 Å². The van der Waals surface area contributed by atoms with Gasteiger partial charge in [0.1, 0.15) is 11.8 Å². The summed E-state index contributed by atoms with van der Waals surface area (Å²) in [7, 11) is 7.33. The summed E-state index contributed by atoms with van der Waals surface area (Å²) >= 11 is 0. The molecule has 5 rings (SSSR count). The molecular formula is C34H39F2N8O4+. The van der Waals surface area contributed by atoms with Crippen molar-refractivity contribution in [3.8, 4) is 5.75 Å². The first kappa shape index (κ1) is 34.1. The molecule has 0 saturated heterocycles. The van der Waals surface area contributed by atoms with Crippen LogP contribution in [0.25, 0.3) is 5.70 Å². The van der Waals surface area contributed by atoms with E-state index in [2.05, 4.69) is 32.3 Å². The van der Waals surface area contributed by atoms with E-state index in [4.69, 9.17) is 9.47 Å². The highest BCUT2D eigenvalue weighted by Gasteiger charge is 2.55. The van der Waals surface area contributed by atoms with Crippen LogP contribution >= 0.6 is 0 Å². The first-order valence-electron chi connectivity index (χ1n) is 15.4. The lowest BCUT2D eigenvalue weighted by Gasteiger charge is -2.25. The summed E-state index contributed by atoms with van der Waals surface area (Å²) in [6.45, 7) is 9.93. The predicted molar refractivity (Wildman–Crippen MR) is 179 cm³/mol. The largest absolute Gasteiger partial charge is 0.494 e. The van der Waals surface area contributed by atoms with E-state index in [0.29, 0.717) is 34.9 Å². The van der Waals surface area contributed by atoms with Gasteiger partial charge in [0, 0.05) is 42.3 Å². The molecule has 0 radical (unpaired) electrons.